The molecule has 0 aliphatic carbocycles. The number of nitrogens with zero attached hydrogens (tertiary/aromatic N) is 1. The fourth-order valence-electron chi connectivity index (χ4n) is 3.42. The van der Waals surface area contributed by atoms with Gasteiger partial charge in [0.05, 0.1) is 5.97 Å². The van der Waals surface area contributed by atoms with Gasteiger partial charge in [0.1, 0.15) is 5.60 Å². The number of rotatable bonds is 3. The van der Waals surface area contributed by atoms with E-state index < -0.39 is 23.1 Å². The van der Waals surface area contributed by atoms with E-state index >= 15 is 0 Å². The highest BCUT2D eigenvalue weighted by molar-refractivity contribution is 5.81. The SMILES string of the molecule is CC(C)c1ccccc1C1(C(=O)[O-])CCN(C(=O)OC(C)(C)C)CC1. The van der Waals surface area contributed by atoms with Crippen molar-refractivity contribution in [1.82, 2.24) is 4.90 Å². The number of carbonyl (C=O) groups is 2. The molecule has 0 atom stereocenters. The van der Waals surface area contributed by atoms with E-state index in [-0.39, 0.29) is 5.92 Å². The molecule has 5 nitrogen and oxygen atoms in total. The fraction of sp³-hybridized carbons (Fsp3) is 0.600. The molecule has 0 saturated carbocycles. The van der Waals surface area contributed by atoms with Crippen LogP contribution in [0.5, 0.6) is 0 Å². The molecule has 1 fully saturated rings. The Hall–Kier alpha value is -2.04. The molecule has 2 rings (SSSR count). The third-order valence-corrected chi connectivity index (χ3v) is 4.76. The van der Waals surface area contributed by atoms with Crippen LogP contribution in [0.25, 0.3) is 0 Å². The van der Waals surface area contributed by atoms with Gasteiger partial charge >= 0.3 is 6.09 Å². The lowest BCUT2D eigenvalue weighted by Gasteiger charge is -2.44. The summed E-state index contributed by atoms with van der Waals surface area (Å²) < 4.78 is 5.40. The lowest BCUT2D eigenvalue weighted by molar-refractivity contribution is -0.315. The van der Waals surface area contributed by atoms with Crippen molar-refractivity contribution in [3.8, 4) is 0 Å². The molecule has 0 unspecified atom stereocenters. The Bertz CT molecular complexity index is 637. The number of hydrogen-bond donors (Lipinski definition) is 0. The molecule has 1 amide bonds. The van der Waals surface area contributed by atoms with Gasteiger partial charge in [-0.2, -0.15) is 0 Å². The van der Waals surface area contributed by atoms with Gasteiger partial charge in [-0.15, -0.1) is 0 Å². The lowest BCUT2D eigenvalue weighted by atomic mass is 9.70. The van der Waals surface area contributed by atoms with Crippen LogP contribution in [-0.4, -0.2) is 35.7 Å². The number of likely N-dealkylation sites (tertiary alicyclic amines) is 1. The fourth-order valence-corrected chi connectivity index (χ4v) is 3.42. The predicted molar refractivity (Wildman–Crippen MR) is 94.3 cm³/mol. The number of benzene rings is 1. The van der Waals surface area contributed by atoms with E-state index in [1.54, 1.807) is 4.90 Å². The number of carbonyl (C=O) groups excluding carboxylic acids is 2. The molecular formula is C20H28NO4-. The molecule has 0 aromatic heterocycles. The van der Waals surface area contributed by atoms with Crippen LogP contribution in [0.3, 0.4) is 0 Å². The summed E-state index contributed by atoms with van der Waals surface area (Å²) in [4.78, 5) is 25.9. The highest BCUT2D eigenvalue weighted by Gasteiger charge is 2.41. The molecule has 1 aromatic carbocycles. The Kier molecular flexibility index (Phi) is 5.45. The molecule has 1 aromatic rings. The van der Waals surface area contributed by atoms with Crippen molar-refractivity contribution >= 4 is 12.1 Å². The van der Waals surface area contributed by atoms with Gasteiger partial charge in [0.2, 0.25) is 0 Å². The predicted octanol–water partition coefficient (Wildman–Crippen LogP) is 2.83. The monoisotopic (exact) mass is 346 g/mol. The Labute approximate surface area is 150 Å². The Morgan fingerprint density at radius 1 is 1.16 bits per heavy atom. The number of carboxylic acids is 1. The number of carboxylic acid groups (broad SMARTS) is 1. The first kappa shape index (κ1) is 19.3. The quantitative estimate of drug-likeness (QED) is 0.844. The number of hydrogen-bond acceptors (Lipinski definition) is 4. The van der Waals surface area contributed by atoms with Gasteiger partial charge < -0.3 is 19.5 Å². The van der Waals surface area contributed by atoms with Crippen LogP contribution in [0.4, 0.5) is 4.79 Å². The second-order valence-electron chi connectivity index (χ2n) is 8.08. The van der Waals surface area contributed by atoms with Crippen molar-refractivity contribution in [2.24, 2.45) is 0 Å². The minimum atomic E-state index is -1.07. The normalized spacial score (nSPS) is 17.4. The van der Waals surface area contributed by atoms with Gasteiger partial charge in [-0.1, -0.05) is 38.1 Å². The lowest BCUT2D eigenvalue weighted by Crippen LogP contribution is -2.54. The molecule has 5 heteroatoms. The zero-order valence-electron chi connectivity index (χ0n) is 15.8. The van der Waals surface area contributed by atoms with Gasteiger partial charge in [0, 0.05) is 18.5 Å². The van der Waals surface area contributed by atoms with Crippen LogP contribution >= 0.6 is 0 Å². The Morgan fingerprint density at radius 2 is 1.72 bits per heavy atom. The van der Waals surface area contributed by atoms with Crippen LogP contribution in [0.1, 0.15) is 64.5 Å². The van der Waals surface area contributed by atoms with Crippen LogP contribution in [0.15, 0.2) is 24.3 Å². The number of ether oxygens (including phenoxy) is 1. The smallest absolute Gasteiger partial charge is 0.410 e. The van der Waals surface area contributed by atoms with Gasteiger partial charge in [-0.3, -0.25) is 0 Å². The largest absolute Gasteiger partial charge is 0.549 e. The van der Waals surface area contributed by atoms with Crippen LogP contribution in [-0.2, 0) is 14.9 Å². The van der Waals surface area contributed by atoms with Crippen LogP contribution in [0.2, 0.25) is 0 Å². The molecule has 1 aliphatic rings. The van der Waals surface area contributed by atoms with Crippen molar-refractivity contribution in [3.05, 3.63) is 35.4 Å². The summed E-state index contributed by atoms with van der Waals surface area (Å²) in [7, 11) is 0. The van der Waals surface area contributed by atoms with Gasteiger partial charge in [0.15, 0.2) is 0 Å². The molecule has 0 radical (unpaired) electrons. The molecule has 0 N–H and O–H groups in total. The van der Waals surface area contributed by atoms with Crippen LogP contribution < -0.4 is 5.11 Å². The summed E-state index contributed by atoms with van der Waals surface area (Å²) in [6, 6.07) is 7.66. The van der Waals surface area contributed by atoms with Gasteiger partial charge in [-0.25, -0.2) is 4.79 Å². The third-order valence-electron chi connectivity index (χ3n) is 4.76. The number of aliphatic carboxylic acids is 1. The maximum absolute atomic E-state index is 12.2. The van der Waals surface area contributed by atoms with E-state index in [0.717, 1.165) is 11.1 Å². The Balaban J connectivity index is 2.26. The van der Waals surface area contributed by atoms with Crippen molar-refractivity contribution in [2.45, 2.75) is 64.4 Å². The van der Waals surface area contributed by atoms with Crippen molar-refractivity contribution in [3.63, 3.8) is 0 Å². The average molecular weight is 346 g/mol. The van der Waals surface area contributed by atoms with E-state index in [2.05, 4.69) is 13.8 Å². The molecular weight excluding hydrogens is 318 g/mol. The van der Waals surface area contributed by atoms with E-state index in [0.29, 0.717) is 25.9 Å². The molecule has 1 saturated heterocycles. The first-order valence-corrected chi connectivity index (χ1v) is 8.85. The molecule has 1 heterocycles. The summed E-state index contributed by atoms with van der Waals surface area (Å²) in [5.74, 6) is -0.847. The maximum Gasteiger partial charge on any atom is 0.410 e. The zero-order valence-corrected chi connectivity index (χ0v) is 15.8. The highest BCUT2D eigenvalue weighted by Crippen LogP contribution is 2.39. The summed E-state index contributed by atoms with van der Waals surface area (Å²) >= 11 is 0. The van der Waals surface area contributed by atoms with Gasteiger partial charge in [-0.05, 0) is 50.7 Å². The van der Waals surface area contributed by atoms with E-state index in [4.69, 9.17) is 4.74 Å². The minimum absolute atomic E-state index is 0.219. The topological polar surface area (TPSA) is 69.7 Å². The maximum atomic E-state index is 12.2. The first-order valence-electron chi connectivity index (χ1n) is 8.85. The summed E-state index contributed by atoms with van der Waals surface area (Å²) in [6.07, 6.45) is 0.271. The summed E-state index contributed by atoms with van der Waals surface area (Å²) in [5.41, 5.74) is 0.218. The second kappa shape index (κ2) is 7.06. The molecule has 138 valence electrons. The number of piperidine rings is 1. The van der Waals surface area contributed by atoms with E-state index in [1.807, 2.05) is 45.0 Å². The third kappa shape index (κ3) is 4.14. The first-order chi connectivity index (χ1) is 11.6. The molecule has 25 heavy (non-hydrogen) atoms. The van der Waals surface area contributed by atoms with Crippen molar-refractivity contribution < 1.29 is 19.4 Å². The van der Waals surface area contributed by atoms with E-state index in [1.165, 1.54) is 0 Å². The zero-order chi connectivity index (χ0) is 18.8. The Morgan fingerprint density at radius 3 is 2.20 bits per heavy atom. The number of amides is 1. The summed E-state index contributed by atoms with van der Waals surface area (Å²) in [5, 5.41) is 12.1. The second-order valence-corrected chi connectivity index (χ2v) is 8.08. The standard InChI is InChI=1S/C20H29NO4/c1-14(2)15-8-6-7-9-16(15)20(17(22)23)10-12-21(13-11-20)18(24)25-19(3,4)5/h6-9,14H,10-13H2,1-5H3,(H,22,23)/p-1. The average Bonchev–Trinajstić information content (AvgIpc) is 2.53. The minimum Gasteiger partial charge on any atom is -0.549 e. The van der Waals surface area contributed by atoms with Gasteiger partial charge in [0.25, 0.3) is 0 Å². The molecule has 1 aliphatic heterocycles. The highest BCUT2D eigenvalue weighted by atomic mass is 16.6. The van der Waals surface area contributed by atoms with Crippen molar-refractivity contribution in [2.75, 3.05) is 13.1 Å². The van der Waals surface area contributed by atoms with E-state index in [9.17, 15) is 14.7 Å². The van der Waals surface area contributed by atoms with Crippen LogP contribution in [0, 0.1) is 0 Å². The van der Waals surface area contributed by atoms with Crippen molar-refractivity contribution in [1.29, 1.82) is 0 Å². The molecule has 0 spiro atoms. The molecule has 0 bridgehead atoms. The summed E-state index contributed by atoms with van der Waals surface area (Å²) in [6.45, 7) is 10.2.